The fourth-order valence-electron chi connectivity index (χ4n) is 1.54. The molecule has 0 bridgehead atoms. The van der Waals surface area contributed by atoms with Crippen molar-refractivity contribution < 1.29 is 9.53 Å². The van der Waals surface area contributed by atoms with Crippen molar-refractivity contribution in [3.63, 3.8) is 0 Å². The minimum Gasteiger partial charge on any atom is -0.483 e. The maximum Gasteiger partial charge on any atom is 0.167 e. The first kappa shape index (κ1) is 12.2. The minimum absolute atomic E-state index is 0.0296. The van der Waals surface area contributed by atoms with Crippen molar-refractivity contribution in [2.45, 2.75) is 13.8 Å². The molecule has 0 aliphatic heterocycles. The lowest BCUT2D eigenvalue weighted by atomic mass is 10.1. The normalized spacial score (nSPS) is 10.1. The molecule has 18 heavy (non-hydrogen) atoms. The molecule has 0 N–H and O–H groups in total. The van der Waals surface area contributed by atoms with Crippen LogP contribution in [-0.4, -0.2) is 22.4 Å². The standard InChI is InChI=1S/C14H14N2O2/c1-10-5-3-4-6-13(10)14-15-7-12(8-16-14)18-9-11(2)17/h3-8H,9H2,1-2H3. The van der Waals surface area contributed by atoms with Crippen molar-refractivity contribution in [2.75, 3.05) is 6.61 Å². The van der Waals surface area contributed by atoms with Crippen LogP contribution in [0.4, 0.5) is 0 Å². The number of rotatable bonds is 4. The van der Waals surface area contributed by atoms with Gasteiger partial charge in [-0.1, -0.05) is 24.3 Å². The molecule has 0 radical (unpaired) electrons. The lowest BCUT2D eigenvalue weighted by Crippen LogP contribution is -2.07. The topological polar surface area (TPSA) is 52.1 Å². The predicted molar refractivity (Wildman–Crippen MR) is 68.4 cm³/mol. The molecule has 1 heterocycles. The quantitative estimate of drug-likeness (QED) is 0.826. The zero-order valence-electron chi connectivity index (χ0n) is 10.4. The molecule has 0 unspecified atom stereocenters. The Labute approximate surface area is 106 Å². The summed E-state index contributed by atoms with van der Waals surface area (Å²) >= 11 is 0. The summed E-state index contributed by atoms with van der Waals surface area (Å²) < 4.78 is 5.21. The molecule has 0 aliphatic rings. The lowest BCUT2D eigenvalue weighted by Gasteiger charge is -2.05. The summed E-state index contributed by atoms with van der Waals surface area (Å²) in [7, 11) is 0. The molecule has 2 rings (SSSR count). The number of carbonyl (C=O) groups is 1. The molecule has 0 fully saturated rings. The number of carbonyl (C=O) groups excluding carboxylic acids is 1. The van der Waals surface area contributed by atoms with Crippen LogP contribution in [-0.2, 0) is 4.79 Å². The van der Waals surface area contributed by atoms with E-state index in [-0.39, 0.29) is 12.4 Å². The number of ether oxygens (including phenoxy) is 1. The summed E-state index contributed by atoms with van der Waals surface area (Å²) in [5.74, 6) is 1.13. The average molecular weight is 242 g/mol. The Morgan fingerprint density at radius 1 is 1.22 bits per heavy atom. The minimum atomic E-state index is -0.0296. The number of nitrogens with zero attached hydrogens (tertiary/aromatic N) is 2. The molecule has 92 valence electrons. The fourth-order valence-corrected chi connectivity index (χ4v) is 1.54. The monoisotopic (exact) mass is 242 g/mol. The molecular formula is C14H14N2O2. The molecule has 0 spiro atoms. The number of benzene rings is 1. The largest absolute Gasteiger partial charge is 0.483 e. The van der Waals surface area contributed by atoms with Gasteiger partial charge in [-0.25, -0.2) is 9.97 Å². The Hall–Kier alpha value is -2.23. The van der Waals surface area contributed by atoms with E-state index in [0.29, 0.717) is 11.6 Å². The highest BCUT2D eigenvalue weighted by molar-refractivity contribution is 5.77. The first-order chi connectivity index (χ1) is 8.66. The van der Waals surface area contributed by atoms with Crippen molar-refractivity contribution in [2.24, 2.45) is 0 Å². The summed E-state index contributed by atoms with van der Waals surface area (Å²) in [5, 5.41) is 0. The van der Waals surface area contributed by atoms with Gasteiger partial charge in [-0.15, -0.1) is 0 Å². The summed E-state index contributed by atoms with van der Waals surface area (Å²) in [6, 6.07) is 7.91. The second-order valence-corrected chi connectivity index (χ2v) is 4.05. The smallest absolute Gasteiger partial charge is 0.167 e. The van der Waals surface area contributed by atoms with Crippen LogP contribution in [0.2, 0.25) is 0 Å². The van der Waals surface area contributed by atoms with E-state index in [2.05, 4.69) is 9.97 Å². The van der Waals surface area contributed by atoms with Crippen LogP contribution in [0.15, 0.2) is 36.7 Å². The zero-order valence-corrected chi connectivity index (χ0v) is 10.4. The number of hydrogen-bond acceptors (Lipinski definition) is 4. The predicted octanol–water partition coefficient (Wildman–Crippen LogP) is 2.42. The summed E-state index contributed by atoms with van der Waals surface area (Å²) in [4.78, 5) is 19.3. The summed E-state index contributed by atoms with van der Waals surface area (Å²) in [6.45, 7) is 3.54. The number of hydrogen-bond donors (Lipinski definition) is 0. The van der Waals surface area contributed by atoms with E-state index < -0.39 is 0 Å². The molecule has 0 saturated heterocycles. The van der Waals surface area contributed by atoms with Gasteiger partial charge in [0.15, 0.2) is 17.4 Å². The van der Waals surface area contributed by atoms with Crippen LogP contribution in [0, 0.1) is 6.92 Å². The maximum absolute atomic E-state index is 10.8. The zero-order chi connectivity index (χ0) is 13.0. The van der Waals surface area contributed by atoms with Crippen LogP contribution >= 0.6 is 0 Å². The highest BCUT2D eigenvalue weighted by Crippen LogP contribution is 2.19. The van der Waals surface area contributed by atoms with Crippen molar-refractivity contribution in [1.29, 1.82) is 0 Å². The van der Waals surface area contributed by atoms with Gasteiger partial charge in [0.05, 0.1) is 12.4 Å². The number of Topliss-reactive ketones (excluding diaryl/α,β-unsaturated/α-hetero) is 1. The molecule has 0 amide bonds. The number of ketones is 1. The first-order valence-electron chi connectivity index (χ1n) is 5.67. The average Bonchev–Trinajstić information content (AvgIpc) is 2.38. The second kappa shape index (κ2) is 5.40. The van der Waals surface area contributed by atoms with Crippen LogP contribution in [0.1, 0.15) is 12.5 Å². The Balaban J connectivity index is 2.17. The molecule has 1 aromatic carbocycles. The van der Waals surface area contributed by atoms with Crippen molar-refractivity contribution in [1.82, 2.24) is 9.97 Å². The molecule has 2 aromatic rings. The third-order valence-corrected chi connectivity index (χ3v) is 2.46. The Morgan fingerprint density at radius 2 is 1.89 bits per heavy atom. The Kier molecular flexibility index (Phi) is 3.67. The van der Waals surface area contributed by atoms with Gasteiger partial charge in [0, 0.05) is 5.56 Å². The van der Waals surface area contributed by atoms with Gasteiger partial charge in [0.1, 0.15) is 6.61 Å². The number of aryl methyl sites for hydroxylation is 1. The molecule has 4 nitrogen and oxygen atoms in total. The van der Waals surface area contributed by atoms with Gasteiger partial charge < -0.3 is 4.74 Å². The molecule has 4 heteroatoms. The van der Waals surface area contributed by atoms with Crippen LogP contribution in [0.25, 0.3) is 11.4 Å². The van der Waals surface area contributed by atoms with E-state index in [1.165, 1.54) is 6.92 Å². The van der Waals surface area contributed by atoms with Gasteiger partial charge in [0.25, 0.3) is 0 Å². The van der Waals surface area contributed by atoms with E-state index in [1.807, 2.05) is 31.2 Å². The lowest BCUT2D eigenvalue weighted by molar-refractivity contribution is -0.118. The van der Waals surface area contributed by atoms with Gasteiger partial charge in [0.2, 0.25) is 0 Å². The molecule has 0 saturated carbocycles. The molecule has 1 aromatic heterocycles. The molecule has 0 aliphatic carbocycles. The van der Waals surface area contributed by atoms with E-state index in [9.17, 15) is 4.79 Å². The highest BCUT2D eigenvalue weighted by Gasteiger charge is 2.04. The number of aromatic nitrogens is 2. The first-order valence-corrected chi connectivity index (χ1v) is 5.67. The van der Waals surface area contributed by atoms with Crippen molar-refractivity contribution >= 4 is 5.78 Å². The Bertz CT molecular complexity index is 550. The Morgan fingerprint density at radius 3 is 2.50 bits per heavy atom. The van der Waals surface area contributed by atoms with Crippen LogP contribution in [0.5, 0.6) is 5.75 Å². The van der Waals surface area contributed by atoms with Crippen molar-refractivity contribution in [3.8, 4) is 17.1 Å². The van der Waals surface area contributed by atoms with Crippen molar-refractivity contribution in [3.05, 3.63) is 42.2 Å². The fraction of sp³-hybridized carbons (Fsp3) is 0.214. The third-order valence-electron chi connectivity index (χ3n) is 2.46. The third kappa shape index (κ3) is 2.91. The van der Waals surface area contributed by atoms with Gasteiger partial charge >= 0.3 is 0 Å². The maximum atomic E-state index is 10.8. The van der Waals surface area contributed by atoms with E-state index in [4.69, 9.17) is 4.74 Å². The summed E-state index contributed by atoms with van der Waals surface area (Å²) in [5.41, 5.74) is 2.12. The van der Waals surface area contributed by atoms with E-state index in [1.54, 1.807) is 12.4 Å². The van der Waals surface area contributed by atoms with Gasteiger partial charge in [-0.3, -0.25) is 4.79 Å². The van der Waals surface area contributed by atoms with Crippen LogP contribution in [0.3, 0.4) is 0 Å². The van der Waals surface area contributed by atoms with E-state index >= 15 is 0 Å². The molecule has 0 atom stereocenters. The SMILES string of the molecule is CC(=O)COc1cnc(-c2ccccc2C)nc1. The highest BCUT2D eigenvalue weighted by atomic mass is 16.5. The second-order valence-electron chi connectivity index (χ2n) is 4.05. The van der Waals surface area contributed by atoms with Gasteiger partial charge in [-0.2, -0.15) is 0 Å². The van der Waals surface area contributed by atoms with E-state index in [0.717, 1.165) is 11.1 Å². The van der Waals surface area contributed by atoms with Gasteiger partial charge in [-0.05, 0) is 19.4 Å². The summed E-state index contributed by atoms with van der Waals surface area (Å²) in [6.07, 6.45) is 3.16. The van der Waals surface area contributed by atoms with Crippen LogP contribution < -0.4 is 4.74 Å². The molecular weight excluding hydrogens is 228 g/mol.